The Balaban J connectivity index is 2.90. The number of rotatable bonds is 3. The first kappa shape index (κ1) is 14.4. The third kappa shape index (κ3) is 2.79. The van der Waals surface area contributed by atoms with Crippen molar-refractivity contribution in [1.82, 2.24) is 4.90 Å². The SMILES string of the molecule is CCC(C)(C(=O)N1CC(C)CCC1C)C(N)=S. The van der Waals surface area contributed by atoms with Gasteiger partial charge in [0.2, 0.25) is 5.91 Å². The molecule has 0 bridgehead atoms. The average Bonchev–Trinajstić information content (AvgIpc) is 2.30. The molecule has 0 aromatic rings. The van der Waals surface area contributed by atoms with Gasteiger partial charge in [0.15, 0.2) is 0 Å². The van der Waals surface area contributed by atoms with Gasteiger partial charge in [-0.15, -0.1) is 0 Å². The molecule has 4 heteroatoms. The molecule has 1 fully saturated rings. The van der Waals surface area contributed by atoms with Crippen LogP contribution in [-0.2, 0) is 4.79 Å². The zero-order chi connectivity index (χ0) is 13.2. The number of hydrogen-bond donors (Lipinski definition) is 1. The summed E-state index contributed by atoms with van der Waals surface area (Å²) in [4.78, 5) is 14.9. The predicted molar refractivity (Wildman–Crippen MR) is 74.8 cm³/mol. The number of carbonyl (C=O) groups excluding carboxylic acids is 1. The summed E-state index contributed by atoms with van der Waals surface area (Å²) in [5.74, 6) is 0.675. The first-order valence-corrected chi connectivity index (χ1v) is 6.84. The molecule has 1 rings (SSSR count). The Hall–Kier alpha value is -0.640. The second-order valence-electron chi connectivity index (χ2n) is 5.54. The van der Waals surface area contributed by atoms with Crippen LogP contribution in [0.15, 0.2) is 0 Å². The van der Waals surface area contributed by atoms with Gasteiger partial charge in [-0.25, -0.2) is 0 Å². The van der Waals surface area contributed by atoms with E-state index in [2.05, 4.69) is 13.8 Å². The lowest BCUT2D eigenvalue weighted by molar-refractivity contribution is -0.142. The van der Waals surface area contributed by atoms with Crippen molar-refractivity contribution in [2.75, 3.05) is 6.54 Å². The van der Waals surface area contributed by atoms with Gasteiger partial charge in [-0.05, 0) is 39.0 Å². The molecule has 1 heterocycles. The second kappa shape index (κ2) is 5.34. The lowest BCUT2D eigenvalue weighted by Gasteiger charge is -2.41. The van der Waals surface area contributed by atoms with Crippen LogP contribution in [0.2, 0.25) is 0 Å². The van der Waals surface area contributed by atoms with Gasteiger partial charge in [0.05, 0.1) is 10.4 Å². The highest BCUT2D eigenvalue weighted by atomic mass is 32.1. The van der Waals surface area contributed by atoms with E-state index in [1.54, 1.807) is 0 Å². The molecular weight excluding hydrogens is 232 g/mol. The summed E-state index contributed by atoms with van der Waals surface area (Å²) < 4.78 is 0. The molecule has 17 heavy (non-hydrogen) atoms. The number of likely N-dealkylation sites (tertiary alicyclic amines) is 1. The van der Waals surface area contributed by atoms with Gasteiger partial charge in [0.25, 0.3) is 0 Å². The van der Waals surface area contributed by atoms with Crippen LogP contribution in [0.1, 0.15) is 47.0 Å². The summed E-state index contributed by atoms with van der Waals surface area (Å²) in [5, 5.41) is 0. The van der Waals surface area contributed by atoms with Gasteiger partial charge in [0.1, 0.15) is 0 Å². The minimum atomic E-state index is -0.680. The fourth-order valence-electron chi connectivity index (χ4n) is 2.32. The van der Waals surface area contributed by atoms with E-state index in [4.69, 9.17) is 18.0 Å². The number of nitrogens with two attached hydrogens (primary N) is 1. The largest absolute Gasteiger partial charge is 0.392 e. The van der Waals surface area contributed by atoms with Gasteiger partial charge < -0.3 is 10.6 Å². The first-order valence-electron chi connectivity index (χ1n) is 6.44. The number of thiocarbonyl (C=S) groups is 1. The standard InChI is InChI=1S/C13H24N2OS/c1-5-13(4,11(14)17)12(16)15-8-9(2)6-7-10(15)3/h9-10H,5-8H2,1-4H3,(H2,14,17). The van der Waals surface area contributed by atoms with Crippen molar-refractivity contribution >= 4 is 23.1 Å². The molecule has 1 saturated heterocycles. The quantitative estimate of drug-likeness (QED) is 0.788. The Kier molecular flexibility index (Phi) is 4.53. The van der Waals surface area contributed by atoms with E-state index in [9.17, 15) is 4.79 Å². The molecule has 3 atom stereocenters. The molecule has 0 radical (unpaired) electrons. The number of carbonyl (C=O) groups is 1. The van der Waals surface area contributed by atoms with Gasteiger partial charge in [-0.1, -0.05) is 26.1 Å². The molecule has 2 N–H and O–H groups in total. The highest BCUT2D eigenvalue weighted by Gasteiger charge is 2.40. The molecule has 0 saturated carbocycles. The monoisotopic (exact) mass is 256 g/mol. The van der Waals surface area contributed by atoms with Crippen LogP contribution in [0, 0.1) is 11.3 Å². The van der Waals surface area contributed by atoms with Gasteiger partial charge in [0, 0.05) is 12.6 Å². The maximum absolute atomic E-state index is 12.6. The van der Waals surface area contributed by atoms with E-state index < -0.39 is 5.41 Å². The third-order valence-corrected chi connectivity index (χ3v) is 4.55. The smallest absolute Gasteiger partial charge is 0.235 e. The van der Waals surface area contributed by atoms with E-state index in [1.165, 1.54) is 6.42 Å². The minimum absolute atomic E-state index is 0.103. The summed E-state index contributed by atoms with van der Waals surface area (Å²) in [6.07, 6.45) is 2.93. The zero-order valence-electron chi connectivity index (χ0n) is 11.3. The van der Waals surface area contributed by atoms with Crippen molar-refractivity contribution in [3.05, 3.63) is 0 Å². The Labute approximate surface area is 110 Å². The van der Waals surface area contributed by atoms with E-state index in [-0.39, 0.29) is 5.91 Å². The number of hydrogen-bond acceptors (Lipinski definition) is 2. The van der Waals surface area contributed by atoms with E-state index in [0.717, 1.165) is 13.0 Å². The Morgan fingerprint density at radius 3 is 2.53 bits per heavy atom. The molecule has 0 aromatic carbocycles. The lowest BCUT2D eigenvalue weighted by atomic mass is 9.83. The highest BCUT2D eigenvalue weighted by Crippen LogP contribution is 2.30. The molecule has 0 spiro atoms. The van der Waals surface area contributed by atoms with Crippen LogP contribution in [0.3, 0.4) is 0 Å². The van der Waals surface area contributed by atoms with Crippen molar-refractivity contribution < 1.29 is 4.79 Å². The van der Waals surface area contributed by atoms with E-state index in [1.807, 2.05) is 18.7 Å². The van der Waals surface area contributed by atoms with Gasteiger partial charge >= 0.3 is 0 Å². The summed E-state index contributed by atoms with van der Waals surface area (Å²) in [7, 11) is 0. The molecule has 1 aliphatic heterocycles. The zero-order valence-corrected chi connectivity index (χ0v) is 12.1. The summed E-state index contributed by atoms with van der Waals surface area (Å²) >= 11 is 5.07. The second-order valence-corrected chi connectivity index (χ2v) is 5.98. The van der Waals surface area contributed by atoms with Crippen LogP contribution in [0.25, 0.3) is 0 Å². The van der Waals surface area contributed by atoms with Crippen molar-refractivity contribution in [3.8, 4) is 0 Å². The normalized spacial score (nSPS) is 28.6. The van der Waals surface area contributed by atoms with E-state index in [0.29, 0.717) is 23.4 Å². The third-order valence-electron chi connectivity index (χ3n) is 4.10. The highest BCUT2D eigenvalue weighted by molar-refractivity contribution is 7.80. The first-order chi connectivity index (χ1) is 7.82. The molecule has 0 aliphatic carbocycles. The van der Waals surface area contributed by atoms with Crippen molar-refractivity contribution in [1.29, 1.82) is 0 Å². The van der Waals surface area contributed by atoms with Gasteiger partial charge in [-0.3, -0.25) is 4.79 Å². The summed E-state index contributed by atoms with van der Waals surface area (Å²) in [6.45, 7) is 8.96. The Morgan fingerprint density at radius 1 is 1.47 bits per heavy atom. The van der Waals surface area contributed by atoms with Crippen molar-refractivity contribution in [2.45, 2.75) is 53.0 Å². The van der Waals surface area contributed by atoms with Crippen LogP contribution in [0.5, 0.6) is 0 Å². The van der Waals surface area contributed by atoms with Crippen LogP contribution >= 0.6 is 12.2 Å². The topological polar surface area (TPSA) is 46.3 Å². The summed E-state index contributed by atoms with van der Waals surface area (Å²) in [5.41, 5.74) is 5.07. The molecule has 1 amide bonds. The minimum Gasteiger partial charge on any atom is -0.392 e. The molecule has 1 aliphatic rings. The maximum atomic E-state index is 12.6. The Morgan fingerprint density at radius 2 is 2.06 bits per heavy atom. The maximum Gasteiger partial charge on any atom is 0.235 e. The fourth-order valence-corrected chi connectivity index (χ4v) is 2.55. The Bertz CT molecular complexity index is 319. The van der Waals surface area contributed by atoms with Crippen LogP contribution < -0.4 is 5.73 Å². The number of piperidine rings is 1. The molecular formula is C13H24N2OS. The molecule has 3 unspecified atom stereocenters. The lowest BCUT2D eigenvalue weighted by Crippen LogP contribution is -2.54. The molecule has 0 aromatic heterocycles. The predicted octanol–water partition coefficient (Wildman–Crippen LogP) is 2.34. The fraction of sp³-hybridized carbons (Fsp3) is 0.846. The number of nitrogens with zero attached hydrogens (tertiary/aromatic N) is 1. The number of amides is 1. The van der Waals surface area contributed by atoms with Gasteiger partial charge in [-0.2, -0.15) is 0 Å². The van der Waals surface area contributed by atoms with Crippen molar-refractivity contribution in [3.63, 3.8) is 0 Å². The van der Waals surface area contributed by atoms with Crippen LogP contribution in [0.4, 0.5) is 0 Å². The van der Waals surface area contributed by atoms with Crippen LogP contribution in [-0.4, -0.2) is 28.4 Å². The molecule has 98 valence electrons. The van der Waals surface area contributed by atoms with E-state index >= 15 is 0 Å². The summed E-state index contributed by atoms with van der Waals surface area (Å²) in [6, 6.07) is 0.305. The average molecular weight is 256 g/mol. The van der Waals surface area contributed by atoms with Crippen molar-refractivity contribution in [2.24, 2.45) is 17.1 Å². The molecule has 3 nitrogen and oxygen atoms in total.